The van der Waals surface area contributed by atoms with Crippen molar-refractivity contribution in [1.82, 2.24) is 10.2 Å². The third-order valence-electron chi connectivity index (χ3n) is 3.13. The standard InChI is InChI=1S/C15H25N3O/c1-12-7-5-8-13(2)15(12)17-14(19)11-18(4)10-6-9-16-3/h5,7-8,16H,6,9-11H2,1-4H3,(H,17,19). The fourth-order valence-electron chi connectivity index (χ4n) is 2.04. The molecule has 4 nitrogen and oxygen atoms in total. The smallest absolute Gasteiger partial charge is 0.238 e. The summed E-state index contributed by atoms with van der Waals surface area (Å²) < 4.78 is 0. The van der Waals surface area contributed by atoms with E-state index >= 15 is 0 Å². The highest BCUT2D eigenvalue weighted by molar-refractivity contribution is 5.93. The molecular formula is C15H25N3O. The van der Waals surface area contributed by atoms with Crippen molar-refractivity contribution in [3.63, 3.8) is 0 Å². The minimum Gasteiger partial charge on any atom is -0.324 e. The number of para-hydroxylation sites is 1. The molecule has 0 radical (unpaired) electrons. The molecule has 2 N–H and O–H groups in total. The summed E-state index contributed by atoms with van der Waals surface area (Å²) in [6.45, 7) is 6.35. The van der Waals surface area contributed by atoms with Gasteiger partial charge in [0.15, 0.2) is 0 Å². The van der Waals surface area contributed by atoms with E-state index in [1.165, 1.54) is 0 Å². The van der Waals surface area contributed by atoms with Crippen LogP contribution in [0.5, 0.6) is 0 Å². The fraction of sp³-hybridized carbons (Fsp3) is 0.533. The molecule has 0 saturated heterocycles. The Balaban J connectivity index is 2.47. The molecule has 0 heterocycles. The lowest BCUT2D eigenvalue weighted by Crippen LogP contribution is -2.32. The van der Waals surface area contributed by atoms with Crippen molar-refractivity contribution in [3.05, 3.63) is 29.3 Å². The number of rotatable bonds is 7. The number of benzene rings is 1. The van der Waals surface area contributed by atoms with Crippen molar-refractivity contribution in [2.24, 2.45) is 0 Å². The predicted molar refractivity (Wildman–Crippen MR) is 80.6 cm³/mol. The van der Waals surface area contributed by atoms with Gasteiger partial charge in [-0.05, 0) is 58.6 Å². The lowest BCUT2D eigenvalue weighted by Gasteiger charge is -2.17. The normalized spacial score (nSPS) is 10.8. The van der Waals surface area contributed by atoms with Crippen molar-refractivity contribution in [2.45, 2.75) is 20.3 Å². The molecular weight excluding hydrogens is 238 g/mol. The van der Waals surface area contributed by atoms with Gasteiger partial charge >= 0.3 is 0 Å². The van der Waals surface area contributed by atoms with Crippen molar-refractivity contribution in [1.29, 1.82) is 0 Å². The maximum absolute atomic E-state index is 12.0. The average Bonchev–Trinajstić information content (AvgIpc) is 2.34. The Bertz CT molecular complexity index is 398. The Labute approximate surface area is 116 Å². The topological polar surface area (TPSA) is 44.4 Å². The zero-order chi connectivity index (χ0) is 14.3. The predicted octanol–water partition coefficient (Wildman–Crippen LogP) is 1.78. The summed E-state index contributed by atoms with van der Waals surface area (Å²) in [6, 6.07) is 6.03. The molecule has 0 unspecified atom stereocenters. The van der Waals surface area contributed by atoms with Gasteiger partial charge in [0, 0.05) is 5.69 Å². The van der Waals surface area contributed by atoms with Crippen molar-refractivity contribution in [3.8, 4) is 0 Å². The molecule has 0 aromatic heterocycles. The van der Waals surface area contributed by atoms with Gasteiger partial charge in [-0.1, -0.05) is 18.2 Å². The lowest BCUT2D eigenvalue weighted by atomic mass is 10.1. The van der Waals surface area contributed by atoms with Gasteiger partial charge < -0.3 is 10.6 Å². The Hall–Kier alpha value is -1.39. The van der Waals surface area contributed by atoms with Crippen molar-refractivity contribution < 1.29 is 4.79 Å². The molecule has 1 amide bonds. The van der Waals surface area contributed by atoms with Gasteiger partial charge in [0.1, 0.15) is 0 Å². The number of aryl methyl sites for hydroxylation is 2. The van der Waals surface area contributed by atoms with Gasteiger partial charge in [-0.25, -0.2) is 0 Å². The highest BCUT2D eigenvalue weighted by Crippen LogP contribution is 2.19. The molecule has 0 bridgehead atoms. The second kappa shape index (κ2) is 7.92. The average molecular weight is 263 g/mol. The van der Waals surface area contributed by atoms with E-state index in [1.807, 2.05) is 51.0 Å². The second-order valence-corrected chi connectivity index (χ2v) is 5.01. The summed E-state index contributed by atoms with van der Waals surface area (Å²) in [6.07, 6.45) is 1.05. The van der Waals surface area contributed by atoms with Crippen molar-refractivity contribution >= 4 is 11.6 Å². The monoisotopic (exact) mass is 263 g/mol. The summed E-state index contributed by atoms with van der Waals surface area (Å²) in [5.41, 5.74) is 3.15. The highest BCUT2D eigenvalue weighted by Gasteiger charge is 2.09. The van der Waals surface area contributed by atoms with E-state index < -0.39 is 0 Å². The van der Waals surface area contributed by atoms with Gasteiger partial charge in [-0.2, -0.15) is 0 Å². The first-order valence-corrected chi connectivity index (χ1v) is 6.73. The molecule has 0 aliphatic heterocycles. The van der Waals surface area contributed by atoms with Crippen LogP contribution in [0.15, 0.2) is 18.2 Å². The van der Waals surface area contributed by atoms with Crippen LogP contribution < -0.4 is 10.6 Å². The maximum atomic E-state index is 12.0. The largest absolute Gasteiger partial charge is 0.324 e. The van der Waals surface area contributed by atoms with Crippen LogP contribution in [0, 0.1) is 13.8 Å². The van der Waals surface area contributed by atoms with Crippen LogP contribution in [0.4, 0.5) is 5.69 Å². The highest BCUT2D eigenvalue weighted by atomic mass is 16.2. The molecule has 1 rings (SSSR count). The zero-order valence-corrected chi connectivity index (χ0v) is 12.4. The molecule has 106 valence electrons. The van der Waals surface area contributed by atoms with Gasteiger partial charge in [-0.3, -0.25) is 9.69 Å². The van der Waals surface area contributed by atoms with Crippen LogP contribution in [0.25, 0.3) is 0 Å². The molecule has 4 heteroatoms. The van der Waals surface area contributed by atoms with Crippen LogP contribution in [-0.2, 0) is 4.79 Å². The van der Waals surface area contributed by atoms with Crippen LogP contribution in [0.3, 0.4) is 0 Å². The number of hydrogen-bond acceptors (Lipinski definition) is 3. The summed E-state index contributed by atoms with van der Waals surface area (Å²) >= 11 is 0. The van der Waals surface area contributed by atoms with E-state index in [-0.39, 0.29) is 5.91 Å². The van der Waals surface area contributed by atoms with Crippen LogP contribution >= 0.6 is 0 Å². The summed E-state index contributed by atoms with van der Waals surface area (Å²) in [5.74, 6) is 0.0457. The molecule has 1 aromatic rings. The summed E-state index contributed by atoms with van der Waals surface area (Å²) in [5, 5.41) is 6.11. The van der Waals surface area contributed by atoms with E-state index in [0.29, 0.717) is 6.54 Å². The number of hydrogen-bond donors (Lipinski definition) is 2. The van der Waals surface area contributed by atoms with Crippen molar-refractivity contribution in [2.75, 3.05) is 39.0 Å². The van der Waals surface area contributed by atoms with Gasteiger partial charge in [0.2, 0.25) is 5.91 Å². The van der Waals surface area contributed by atoms with Crippen LogP contribution in [0.2, 0.25) is 0 Å². The third kappa shape index (κ3) is 5.41. The maximum Gasteiger partial charge on any atom is 0.238 e. The molecule has 0 aliphatic carbocycles. The number of carbonyl (C=O) groups excluding carboxylic acids is 1. The molecule has 0 fully saturated rings. The number of likely N-dealkylation sites (N-methyl/N-ethyl adjacent to an activating group) is 1. The first-order chi connectivity index (χ1) is 9.04. The molecule has 1 aromatic carbocycles. The fourth-order valence-corrected chi connectivity index (χ4v) is 2.04. The quantitative estimate of drug-likeness (QED) is 0.737. The van der Waals surface area contributed by atoms with E-state index in [9.17, 15) is 4.79 Å². The Kier molecular flexibility index (Phi) is 6.53. The number of carbonyl (C=O) groups is 1. The van der Waals surface area contributed by atoms with E-state index in [2.05, 4.69) is 10.6 Å². The number of anilines is 1. The first kappa shape index (κ1) is 15.7. The molecule has 0 saturated carbocycles. The number of nitrogens with zero attached hydrogens (tertiary/aromatic N) is 1. The van der Waals surface area contributed by atoms with E-state index in [4.69, 9.17) is 0 Å². The van der Waals surface area contributed by atoms with Gasteiger partial charge in [0.05, 0.1) is 6.54 Å². The van der Waals surface area contributed by atoms with E-state index in [1.54, 1.807) is 0 Å². The molecule has 0 atom stereocenters. The first-order valence-electron chi connectivity index (χ1n) is 6.73. The zero-order valence-electron chi connectivity index (χ0n) is 12.4. The summed E-state index contributed by atoms with van der Waals surface area (Å²) in [4.78, 5) is 14.0. The molecule has 19 heavy (non-hydrogen) atoms. The van der Waals surface area contributed by atoms with Gasteiger partial charge in [-0.15, -0.1) is 0 Å². The third-order valence-corrected chi connectivity index (χ3v) is 3.13. The number of nitrogens with one attached hydrogen (secondary N) is 2. The second-order valence-electron chi connectivity index (χ2n) is 5.01. The minimum atomic E-state index is 0.0457. The van der Waals surface area contributed by atoms with E-state index in [0.717, 1.165) is 36.3 Å². The Morgan fingerprint density at radius 3 is 2.47 bits per heavy atom. The van der Waals surface area contributed by atoms with Crippen LogP contribution in [-0.4, -0.2) is 44.5 Å². The summed E-state index contributed by atoms with van der Waals surface area (Å²) in [7, 11) is 3.91. The van der Waals surface area contributed by atoms with Crippen LogP contribution in [0.1, 0.15) is 17.5 Å². The SMILES string of the molecule is CNCCCN(C)CC(=O)Nc1c(C)cccc1C. The number of amides is 1. The molecule has 0 aliphatic rings. The molecule has 0 spiro atoms. The Morgan fingerprint density at radius 2 is 1.89 bits per heavy atom. The Morgan fingerprint density at radius 1 is 1.26 bits per heavy atom. The lowest BCUT2D eigenvalue weighted by molar-refractivity contribution is -0.117. The van der Waals surface area contributed by atoms with Gasteiger partial charge in [0.25, 0.3) is 0 Å². The minimum absolute atomic E-state index is 0.0457.